The molecule has 1 fully saturated rings. The van der Waals surface area contributed by atoms with Gasteiger partial charge in [-0.15, -0.1) is 0 Å². The Hall–Kier alpha value is -2.16. The van der Waals surface area contributed by atoms with Gasteiger partial charge in [-0.3, -0.25) is 14.9 Å². The number of carboxylic acids is 1. The molecule has 8 nitrogen and oxygen atoms in total. The van der Waals surface area contributed by atoms with Crippen LogP contribution in [0.25, 0.3) is 0 Å². The predicted octanol–water partition coefficient (Wildman–Crippen LogP) is 2.30. The number of halogens is 1. The standard InChI is InChI=1S/C12H12BrN3O5/c13-9-5-8(16(20)21)1-2-10(9)14-12(19)15-4-3-7(6-15)11(17)18/h1-2,5,7H,3-4,6H2,(H,14,19)(H,17,18). The summed E-state index contributed by atoms with van der Waals surface area (Å²) in [6, 6.07) is 3.57. The second kappa shape index (κ2) is 6.08. The molecular weight excluding hydrogens is 346 g/mol. The van der Waals surface area contributed by atoms with E-state index in [9.17, 15) is 19.7 Å². The third-order valence-electron chi connectivity index (χ3n) is 3.23. The van der Waals surface area contributed by atoms with Crippen molar-refractivity contribution in [3.05, 3.63) is 32.8 Å². The fourth-order valence-corrected chi connectivity index (χ4v) is 2.53. The first kappa shape index (κ1) is 15.2. The number of nitrogens with one attached hydrogen (secondary N) is 1. The van der Waals surface area contributed by atoms with Crippen LogP contribution in [0.5, 0.6) is 0 Å². The van der Waals surface area contributed by atoms with E-state index in [1.165, 1.54) is 23.1 Å². The number of anilines is 1. The summed E-state index contributed by atoms with van der Waals surface area (Å²) < 4.78 is 0.388. The number of hydrogen-bond acceptors (Lipinski definition) is 4. The summed E-state index contributed by atoms with van der Waals surface area (Å²) in [5.74, 6) is -1.46. The quantitative estimate of drug-likeness (QED) is 0.636. The number of carboxylic acid groups (broad SMARTS) is 1. The molecule has 0 aliphatic carbocycles. The van der Waals surface area contributed by atoms with Crippen molar-refractivity contribution >= 4 is 39.3 Å². The summed E-state index contributed by atoms with van der Waals surface area (Å²) >= 11 is 3.16. The smallest absolute Gasteiger partial charge is 0.321 e. The molecule has 1 unspecified atom stereocenters. The lowest BCUT2D eigenvalue weighted by molar-refractivity contribution is -0.384. The van der Waals surface area contributed by atoms with Crippen LogP contribution < -0.4 is 5.32 Å². The third-order valence-corrected chi connectivity index (χ3v) is 3.89. The zero-order valence-electron chi connectivity index (χ0n) is 10.8. The van der Waals surface area contributed by atoms with Crippen LogP contribution in [-0.4, -0.2) is 40.0 Å². The Labute approximate surface area is 128 Å². The van der Waals surface area contributed by atoms with Gasteiger partial charge in [0.15, 0.2) is 0 Å². The minimum absolute atomic E-state index is 0.0908. The largest absolute Gasteiger partial charge is 0.481 e. The lowest BCUT2D eigenvalue weighted by atomic mass is 10.1. The molecule has 1 aromatic carbocycles. The number of urea groups is 1. The van der Waals surface area contributed by atoms with E-state index in [-0.39, 0.29) is 12.2 Å². The molecule has 1 atom stereocenters. The Morgan fingerprint density at radius 2 is 2.19 bits per heavy atom. The molecule has 0 bridgehead atoms. The van der Waals surface area contributed by atoms with Crippen LogP contribution >= 0.6 is 15.9 Å². The number of rotatable bonds is 3. The maximum atomic E-state index is 12.0. The van der Waals surface area contributed by atoms with Gasteiger partial charge >= 0.3 is 12.0 Å². The molecule has 0 saturated carbocycles. The van der Waals surface area contributed by atoms with Gasteiger partial charge in [0.1, 0.15) is 0 Å². The van der Waals surface area contributed by atoms with E-state index in [0.29, 0.717) is 23.1 Å². The second-order valence-corrected chi connectivity index (χ2v) is 5.48. The first-order chi connectivity index (χ1) is 9.88. The number of likely N-dealkylation sites (tertiary alicyclic amines) is 1. The van der Waals surface area contributed by atoms with Crippen LogP contribution in [0.2, 0.25) is 0 Å². The van der Waals surface area contributed by atoms with Crippen molar-refractivity contribution < 1.29 is 19.6 Å². The number of benzene rings is 1. The van der Waals surface area contributed by atoms with Gasteiger partial charge in [0.2, 0.25) is 0 Å². The van der Waals surface area contributed by atoms with E-state index in [1.54, 1.807) is 0 Å². The Morgan fingerprint density at radius 1 is 1.48 bits per heavy atom. The topological polar surface area (TPSA) is 113 Å². The highest BCUT2D eigenvalue weighted by molar-refractivity contribution is 9.10. The number of nitro groups is 1. The van der Waals surface area contributed by atoms with Crippen molar-refractivity contribution in [3.63, 3.8) is 0 Å². The highest BCUT2D eigenvalue weighted by Gasteiger charge is 2.31. The lowest BCUT2D eigenvalue weighted by Crippen LogP contribution is -2.33. The second-order valence-electron chi connectivity index (χ2n) is 4.62. The molecule has 0 aromatic heterocycles. The van der Waals surface area contributed by atoms with Crippen molar-refractivity contribution in [2.75, 3.05) is 18.4 Å². The van der Waals surface area contributed by atoms with Gasteiger partial charge in [-0.2, -0.15) is 0 Å². The molecule has 0 radical (unpaired) electrons. The molecule has 2 N–H and O–H groups in total. The lowest BCUT2D eigenvalue weighted by Gasteiger charge is -2.17. The zero-order valence-corrected chi connectivity index (χ0v) is 12.4. The van der Waals surface area contributed by atoms with Crippen molar-refractivity contribution in [2.45, 2.75) is 6.42 Å². The number of hydrogen-bond donors (Lipinski definition) is 2. The molecule has 1 heterocycles. The number of amides is 2. The van der Waals surface area contributed by atoms with Crippen molar-refractivity contribution in [1.29, 1.82) is 0 Å². The van der Waals surface area contributed by atoms with Crippen LogP contribution in [-0.2, 0) is 4.79 Å². The Bertz CT molecular complexity index is 607. The molecule has 2 rings (SSSR count). The van der Waals surface area contributed by atoms with Gasteiger partial charge in [0.05, 0.1) is 16.5 Å². The van der Waals surface area contributed by atoms with Gasteiger partial charge in [-0.05, 0) is 28.4 Å². The van der Waals surface area contributed by atoms with Crippen molar-refractivity contribution in [1.82, 2.24) is 4.90 Å². The summed E-state index contributed by atoms with van der Waals surface area (Å²) in [5.41, 5.74) is 0.302. The van der Waals surface area contributed by atoms with E-state index in [4.69, 9.17) is 5.11 Å². The molecule has 1 saturated heterocycles. The Morgan fingerprint density at radius 3 is 2.71 bits per heavy atom. The van der Waals surface area contributed by atoms with Crippen LogP contribution in [0.15, 0.2) is 22.7 Å². The molecular formula is C12H12BrN3O5. The van der Waals surface area contributed by atoms with E-state index in [0.717, 1.165) is 0 Å². The molecule has 0 spiro atoms. The van der Waals surface area contributed by atoms with E-state index in [1.807, 2.05) is 0 Å². The molecule has 21 heavy (non-hydrogen) atoms. The number of nitro benzene ring substituents is 1. The summed E-state index contributed by atoms with van der Waals surface area (Å²) in [5, 5.41) is 22.1. The van der Waals surface area contributed by atoms with Crippen molar-refractivity contribution in [2.24, 2.45) is 5.92 Å². The van der Waals surface area contributed by atoms with Crippen molar-refractivity contribution in [3.8, 4) is 0 Å². The summed E-state index contributed by atoms with van der Waals surface area (Å²) in [6.07, 6.45) is 0.421. The average Bonchev–Trinajstić information content (AvgIpc) is 2.90. The first-order valence-corrected chi connectivity index (χ1v) is 6.90. The van der Waals surface area contributed by atoms with Crippen LogP contribution in [0, 0.1) is 16.0 Å². The number of non-ortho nitro benzene ring substituents is 1. The van der Waals surface area contributed by atoms with Gasteiger partial charge in [0.25, 0.3) is 5.69 Å². The number of carbonyl (C=O) groups is 2. The Balaban J connectivity index is 2.03. The van der Waals surface area contributed by atoms with E-state index < -0.39 is 22.8 Å². The molecule has 1 aliphatic heterocycles. The van der Waals surface area contributed by atoms with Crippen LogP contribution in [0.4, 0.5) is 16.2 Å². The normalized spacial score (nSPS) is 17.6. The molecule has 112 valence electrons. The highest BCUT2D eigenvalue weighted by Crippen LogP contribution is 2.28. The highest BCUT2D eigenvalue weighted by atomic mass is 79.9. The first-order valence-electron chi connectivity index (χ1n) is 6.11. The Kier molecular flexibility index (Phi) is 4.41. The predicted molar refractivity (Wildman–Crippen MR) is 77.1 cm³/mol. The molecule has 1 aliphatic rings. The average molecular weight is 358 g/mol. The summed E-state index contributed by atoms with van der Waals surface area (Å²) in [6.45, 7) is 0.527. The van der Waals surface area contributed by atoms with Gasteiger partial charge in [0, 0.05) is 29.7 Å². The van der Waals surface area contributed by atoms with Gasteiger partial charge in [-0.25, -0.2) is 4.79 Å². The van der Waals surface area contributed by atoms with Gasteiger partial charge < -0.3 is 15.3 Å². The van der Waals surface area contributed by atoms with Crippen LogP contribution in [0.3, 0.4) is 0 Å². The monoisotopic (exact) mass is 357 g/mol. The summed E-state index contributed by atoms with van der Waals surface area (Å²) in [4.78, 5) is 34.4. The maximum Gasteiger partial charge on any atom is 0.321 e. The van der Waals surface area contributed by atoms with Gasteiger partial charge in [-0.1, -0.05) is 0 Å². The SMILES string of the molecule is O=C(O)C1CCN(C(=O)Nc2ccc([N+](=O)[O-])cc2Br)C1. The maximum absolute atomic E-state index is 12.0. The summed E-state index contributed by atoms with van der Waals surface area (Å²) in [7, 11) is 0. The fourth-order valence-electron chi connectivity index (χ4n) is 2.06. The molecule has 9 heteroatoms. The fraction of sp³-hybridized carbons (Fsp3) is 0.333. The number of aliphatic carboxylic acids is 1. The van der Waals surface area contributed by atoms with Crippen LogP contribution in [0.1, 0.15) is 6.42 Å². The van der Waals surface area contributed by atoms with E-state index in [2.05, 4.69) is 21.2 Å². The minimum Gasteiger partial charge on any atom is -0.481 e. The minimum atomic E-state index is -0.915. The number of nitrogens with zero attached hydrogens (tertiary/aromatic N) is 2. The molecule has 1 aromatic rings. The van der Waals surface area contributed by atoms with E-state index >= 15 is 0 Å². The zero-order chi connectivity index (χ0) is 15.6. The third kappa shape index (κ3) is 3.48. The number of carbonyl (C=O) groups excluding carboxylic acids is 1. The molecule has 2 amide bonds.